The smallest absolute Gasteiger partial charge is 0.326 e. The molecular formula is C17H13N3O7S. The van der Waals surface area contributed by atoms with E-state index in [2.05, 4.69) is 5.32 Å². The molecule has 0 unspecified atom stereocenters. The van der Waals surface area contributed by atoms with E-state index in [1.54, 1.807) is 0 Å². The second-order valence-electron chi connectivity index (χ2n) is 5.67. The van der Waals surface area contributed by atoms with E-state index in [0.717, 1.165) is 10.9 Å². The van der Waals surface area contributed by atoms with Gasteiger partial charge in [-0.3, -0.25) is 34.2 Å². The van der Waals surface area contributed by atoms with Gasteiger partial charge in [-0.15, -0.1) is 11.3 Å². The highest BCUT2D eigenvalue weighted by molar-refractivity contribution is 7.09. The van der Waals surface area contributed by atoms with Crippen molar-refractivity contribution < 1.29 is 28.8 Å². The van der Waals surface area contributed by atoms with Crippen LogP contribution in [-0.4, -0.2) is 46.7 Å². The minimum absolute atomic E-state index is 0.152. The van der Waals surface area contributed by atoms with Crippen LogP contribution in [-0.2, 0) is 20.9 Å². The van der Waals surface area contributed by atoms with Gasteiger partial charge in [-0.25, -0.2) is 0 Å². The molecule has 11 heteroatoms. The highest BCUT2D eigenvalue weighted by Crippen LogP contribution is 2.30. The molecule has 0 saturated carbocycles. The van der Waals surface area contributed by atoms with Gasteiger partial charge in [-0.05, 0) is 17.5 Å². The van der Waals surface area contributed by atoms with Crippen molar-refractivity contribution in [2.75, 3.05) is 13.2 Å². The van der Waals surface area contributed by atoms with Crippen molar-refractivity contribution in [3.63, 3.8) is 0 Å². The molecule has 0 radical (unpaired) electrons. The number of esters is 1. The number of nitrogens with one attached hydrogen (secondary N) is 1. The lowest BCUT2D eigenvalue weighted by atomic mass is 10.1. The average Bonchev–Trinajstić information content (AvgIpc) is 3.27. The van der Waals surface area contributed by atoms with E-state index >= 15 is 0 Å². The van der Waals surface area contributed by atoms with Gasteiger partial charge in [-0.1, -0.05) is 12.1 Å². The van der Waals surface area contributed by atoms with Crippen molar-refractivity contribution in [1.29, 1.82) is 0 Å². The maximum Gasteiger partial charge on any atom is 0.326 e. The number of fused-ring (bicyclic) bond motifs is 1. The number of carbonyl (C=O) groups is 4. The summed E-state index contributed by atoms with van der Waals surface area (Å²) in [6, 6.07) is 7.31. The maximum absolute atomic E-state index is 12.4. The molecule has 0 saturated heterocycles. The lowest BCUT2D eigenvalue weighted by molar-refractivity contribution is -0.385. The van der Waals surface area contributed by atoms with E-state index < -0.39 is 47.5 Å². The number of imide groups is 1. The van der Waals surface area contributed by atoms with E-state index in [-0.39, 0.29) is 17.7 Å². The third-order valence-corrected chi connectivity index (χ3v) is 4.74. The zero-order valence-corrected chi connectivity index (χ0v) is 15.1. The van der Waals surface area contributed by atoms with Gasteiger partial charge in [0, 0.05) is 10.9 Å². The molecule has 1 N–H and O–H groups in total. The molecule has 0 aliphatic carbocycles. The van der Waals surface area contributed by atoms with Crippen molar-refractivity contribution in [3.8, 4) is 0 Å². The van der Waals surface area contributed by atoms with Crippen LogP contribution in [0.25, 0.3) is 0 Å². The Morgan fingerprint density at radius 3 is 2.64 bits per heavy atom. The number of nitro benzene ring substituents is 1. The molecule has 1 aromatic heterocycles. The first-order chi connectivity index (χ1) is 13.4. The maximum atomic E-state index is 12.4. The van der Waals surface area contributed by atoms with Crippen LogP contribution in [0.1, 0.15) is 25.6 Å². The van der Waals surface area contributed by atoms with Gasteiger partial charge in [0.25, 0.3) is 23.4 Å². The van der Waals surface area contributed by atoms with E-state index in [9.17, 15) is 29.3 Å². The molecule has 3 amide bonds. The van der Waals surface area contributed by atoms with Crippen LogP contribution in [0.4, 0.5) is 5.69 Å². The van der Waals surface area contributed by atoms with E-state index in [0.29, 0.717) is 4.90 Å². The SMILES string of the molecule is O=C(COC(=O)CN1C(=O)c2cccc([N+](=O)[O-])c2C1=O)NCc1cccs1. The number of benzene rings is 1. The fourth-order valence-electron chi connectivity index (χ4n) is 2.58. The second-order valence-corrected chi connectivity index (χ2v) is 6.70. The molecular weight excluding hydrogens is 390 g/mol. The topological polar surface area (TPSA) is 136 Å². The number of rotatable bonds is 7. The second kappa shape index (κ2) is 7.96. The molecule has 0 bridgehead atoms. The van der Waals surface area contributed by atoms with Gasteiger partial charge < -0.3 is 10.1 Å². The molecule has 1 aromatic carbocycles. The minimum atomic E-state index is -0.983. The Balaban J connectivity index is 1.56. The third-order valence-electron chi connectivity index (χ3n) is 3.87. The predicted octanol–water partition coefficient (Wildman–Crippen LogP) is 1.11. The predicted molar refractivity (Wildman–Crippen MR) is 95.6 cm³/mol. The number of carbonyl (C=O) groups excluding carboxylic acids is 4. The number of nitrogens with zero attached hydrogens (tertiary/aromatic N) is 2. The fraction of sp³-hybridized carbons (Fsp3) is 0.176. The van der Waals surface area contributed by atoms with Gasteiger partial charge in [0.05, 0.1) is 17.0 Å². The summed E-state index contributed by atoms with van der Waals surface area (Å²) in [4.78, 5) is 60.0. The molecule has 0 fully saturated rings. The fourth-order valence-corrected chi connectivity index (χ4v) is 3.23. The van der Waals surface area contributed by atoms with Gasteiger partial charge >= 0.3 is 5.97 Å². The summed E-state index contributed by atoms with van der Waals surface area (Å²) >= 11 is 1.46. The number of hydrogen-bond donors (Lipinski definition) is 1. The van der Waals surface area contributed by atoms with E-state index in [4.69, 9.17) is 4.74 Å². The van der Waals surface area contributed by atoms with Gasteiger partial charge in [0.15, 0.2) is 6.61 Å². The molecule has 144 valence electrons. The zero-order chi connectivity index (χ0) is 20.3. The number of ether oxygens (including phenoxy) is 1. The third kappa shape index (κ3) is 3.88. The van der Waals surface area contributed by atoms with Crippen LogP contribution < -0.4 is 5.32 Å². The average molecular weight is 403 g/mol. The molecule has 0 spiro atoms. The zero-order valence-electron chi connectivity index (χ0n) is 14.2. The van der Waals surface area contributed by atoms with Gasteiger partial charge in [0.1, 0.15) is 12.1 Å². The molecule has 1 aliphatic heterocycles. The lowest BCUT2D eigenvalue weighted by Crippen LogP contribution is -2.37. The summed E-state index contributed by atoms with van der Waals surface area (Å²) in [7, 11) is 0. The van der Waals surface area contributed by atoms with Crippen LogP contribution >= 0.6 is 11.3 Å². The van der Waals surface area contributed by atoms with Crippen LogP contribution in [0.15, 0.2) is 35.7 Å². The van der Waals surface area contributed by atoms with E-state index in [1.807, 2.05) is 17.5 Å². The van der Waals surface area contributed by atoms with Gasteiger partial charge in [-0.2, -0.15) is 0 Å². The molecule has 0 atom stereocenters. The molecule has 1 aliphatic rings. The Labute approximate surface area is 161 Å². The Bertz CT molecular complexity index is 971. The number of amides is 3. The minimum Gasteiger partial charge on any atom is -0.454 e. The normalized spacial score (nSPS) is 12.6. The first-order valence-electron chi connectivity index (χ1n) is 7.96. The van der Waals surface area contributed by atoms with Crippen molar-refractivity contribution in [3.05, 3.63) is 61.8 Å². The van der Waals surface area contributed by atoms with Gasteiger partial charge in [0.2, 0.25) is 0 Å². The largest absolute Gasteiger partial charge is 0.454 e. The lowest BCUT2D eigenvalue weighted by Gasteiger charge is -2.12. The highest BCUT2D eigenvalue weighted by Gasteiger charge is 2.41. The van der Waals surface area contributed by atoms with Crippen LogP contribution in [0, 0.1) is 10.1 Å². The number of nitro groups is 1. The molecule has 2 heterocycles. The summed E-state index contributed by atoms with van der Waals surface area (Å²) in [6.07, 6.45) is 0. The molecule has 10 nitrogen and oxygen atoms in total. The van der Waals surface area contributed by atoms with Crippen LogP contribution in [0.3, 0.4) is 0 Å². The summed E-state index contributed by atoms with van der Waals surface area (Å²) < 4.78 is 4.78. The van der Waals surface area contributed by atoms with Crippen molar-refractivity contribution in [2.45, 2.75) is 6.54 Å². The monoisotopic (exact) mass is 403 g/mol. The van der Waals surface area contributed by atoms with Crippen molar-refractivity contribution in [2.24, 2.45) is 0 Å². The summed E-state index contributed by atoms with van der Waals surface area (Å²) in [5.41, 5.74) is -1.03. The number of thiophene rings is 1. The summed E-state index contributed by atoms with van der Waals surface area (Å²) in [6.45, 7) is -1.04. The Morgan fingerprint density at radius 1 is 1.18 bits per heavy atom. The number of hydrogen-bond acceptors (Lipinski definition) is 8. The Morgan fingerprint density at radius 2 is 1.96 bits per heavy atom. The Kier molecular flexibility index (Phi) is 5.45. The van der Waals surface area contributed by atoms with E-state index in [1.165, 1.54) is 23.5 Å². The Hall–Kier alpha value is -3.60. The van der Waals surface area contributed by atoms with Crippen molar-refractivity contribution >= 4 is 40.7 Å². The van der Waals surface area contributed by atoms with Crippen LogP contribution in [0.2, 0.25) is 0 Å². The van der Waals surface area contributed by atoms with Crippen molar-refractivity contribution in [1.82, 2.24) is 10.2 Å². The summed E-state index contributed by atoms with van der Waals surface area (Å²) in [5, 5.41) is 15.5. The molecule has 2 aromatic rings. The quantitative estimate of drug-likeness (QED) is 0.316. The molecule has 3 rings (SSSR count). The molecule has 28 heavy (non-hydrogen) atoms. The first kappa shape index (κ1) is 19.2. The highest BCUT2D eigenvalue weighted by atomic mass is 32.1. The first-order valence-corrected chi connectivity index (χ1v) is 8.84. The summed E-state index contributed by atoms with van der Waals surface area (Å²) in [5.74, 6) is -3.31. The standard InChI is InChI=1S/C17H13N3O7S/c21-13(18-7-10-3-2-6-28-10)9-27-14(22)8-19-16(23)11-4-1-5-12(20(25)26)15(11)17(19)24/h1-6H,7-9H2,(H,18,21). The van der Waals surface area contributed by atoms with Crippen LogP contribution in [0.5, 0.6) is 0 Å².